The Morgan fingerprint density at radius 3 is 2.63 bits per heavy atom. The van der Waals surface area contributed by atoms with Crippen molar-refractivity contribution in [2.45, 2.75) is 0 Å². The molecule has 0 unspecified atom stereocenters. The van der Waals surface area contributed by atoms with Crippen LogP contribution in [0.25, 0.3) is 21.2 Å². The molecular weight excluding hydrogens is 256 g/mol. The van der Waals surface area contributed by atoms with E-state index < -0.39 is 0 Å². The summed E-state index contributed by atoms with van der Waals surface area (Å²) >= 11 is 1.67. The number of fused-ring (bicyclic) bond motifs is 1. The standard InChI is InChI=1S/C16H12O2S/c1-18-16(17)14-9-12-7-8-19-15(12)10-13(14)11-5-3-2-4-6-11/h2-10H,1H3. The van der Waals surface area contributed by atoms with Crippen molar-refractivity contribution in [1.29, 1.82) is 0 Å². The molecule has 2 nitrogen and oxygen atoms in total. The molecule has 0 aliphatic heterocycles. The Labute approximate surface area is 115 Å². The van der Waals surface area contributed by atoms with Crippen LogP contribution in [0.4, 0.5) is 0 Å². The van der Waals surface area contributed by atoms with Crippen LogP contribution >= 0.6 is 11.3 Å². The molecule has 0 saturated carbocycles. The molecule has 0 aliphatic rings. The van der Waals surface area contributed by atoms with Crippen molar-refractivity contribution in [2.75, 3.05) is 7.11 Å². The van der Waals surface area contributed by atoms with E-state index in [1.165, 1.54) is 11.8 Å². The van der Waals surface area contributed by atoms with Crippen LogP contribution in [0.5, 0.6) is 0 Å². The maximum absolute atomic E-state index is 12.0. The van der Waals surface area contributed by atoms with Crippen LogP contribution < -0.4 is 0 Å². The SMILES string of the molecule is COC(=O)c1cc2ccsc2cc1-c1ccccc1. The van der Waals surface area contributed by atoms with Gasteiger partial charge in [0.25, 0.3) is 0 Å². The van der Waals surface area contributed by atoms with Crippen LogP contribution in [0.2, 0.25) is 0 Å². The highest BCUT2D eigenvalue weighted by Gasteiger charge is 2.14. The van der Waals surface area contributed by atoms with Crippen LogP contribution in [0.15, 0.2) is 53.9 Å². The van der Waals surface area contributed by atoms with E-state index in [4.69, 9.17) is 4.74 Å². The third kappa shape index (κ3) is 2.13. The van der Waals surface area contributed by atoms with Crippen molar-refractivity contribution in [2.24, 2.45) is 0 Å². The number of hydrogen-bond acceptors (Lipinski definition) is 3. The summed E-state index contributed by atoms with van der Waals surface area (Å²) in [5, 5.41) is 3.10. The van der Waals surface area contributed by atoms with Gasteiger partial charge in [-0.25, -0.2) is 4.79 Å². The van der Waals surface area contributed by atoms with Crippen LogP contribution in [0.1, 0.15) is 10.4 Å². The highest BCUT2D eigenvalue weighted by atomic mass is 32.1. The molecule has 3 rings (SSSR count). The largest absolute Gasteiger partial charge is 0.465 e. The molecule has 0 amide bonds. The number of hydrogen-bond donors (Lipinski definition) is 0. The molecule has 0 radical (unpaired) electrons. The van der Waals surface area contributed by atoms with Gasteiger partial charge >= 0.3 is 5.97 Å². The van der Waals surface area contributed by atoms with E-state index in [0.717, 1.165) is 16.5 Å². The average Bonchev–Trinajstić information content (AvgIpc) is 2.93. The average molecular weight is 268 g/mol. The Balaban J connectivity index is 2.28. The highest BCUT2D eigenvalue weighted by molar-refractivity contribution is 7.17. The van der Waals surface area contributed by atoms with Gasteiger partial charge in [0, 0.05) is 4.70 Å². The first-order chi connectivity index (χ1) is 9.29. The minimum Gasteiger partial charge on any atom is -0.465 e. The molecule has 0 fully saturated rings. The van der Waals surface area contributed by atoms with Gasteiger partial charge in [-0.2, -0.15) is 0 Å². The van der Waals surface area contributed by atoms with Gasteiger partial charge < -0.3 is 4.74 Å². The van der Waals surface area contributed by atoms with Crippen LogP contribution in [-0.2, 0) is 4.74 Å². The summed E-state index contributed by atoms with van der Waals surface area (Å²) in [5.74, 6) is -0.299. The molecule has 19 heavy (non-hydrogen) atoms. The first-order valence-corrected chi connectivity index (χ1v) is 6.82. The molecular formula is C16H12O2S. The summed E-state index contributed by atoms with van der Waals surface area (Å²) in [6, 6.07) is 15.9. The lowest BCUT2D eigenvalue weighted by atomic mass is 9.98. The van der Waals surface area contributed by atoms with Crippen LogP contribution in [0, 0.1) is 0 Å². The first-order valence-electron chi connectivity index (χ1n) is 5.94. The van der Waals surface area contributed by atoms with E-state index in [9.17, 15) is 4.79 Å². The number of benzene rings is 2. The van der Waals surface area contributed by atoms with Crippen molar-refractivity contribution in [3.05, 3.63) is 59.5 Å². The fraction of sp³-hybridized carbons (Fsp3) is 0.0625. The molecule has 0 aliphatic carbocycles. The second-order valence-corrected chi connectivity index (χ2v) is 5.16. The minimum absolute atomic E-state index is 0.299. The molecule has 3 aromatic rings. The third-order valence-corrected chi connectivity index (χ3v) is 3.96. The quantitative estimate of drug-likeness (QED) is 0.646. The zero-order chi connectivity index (χ0) is 13.2. The zero-order valence-electron chi connectivity index (χ0n) is 10.4. The number of carbonyl (C=O) groups excluding carboxylic acids is 1. The Bertz CT molecular complexity index is 729. The fourth-order valence-corrected chi connectivity index (χ4v) is 2.96. The topological polar surface area (TPSA) is 26.3 Å². The van der Waals surface area contributed by atoms with Gasteiger partial charge in [-0.05, 0) is 40.1 Å². The van der Waals surface area contributed by atoms with E-state index in [0.29, 0.717) is 5.56 Å². The Morgan fingerprint density at radius 2 is 1.89 bits per heavy atom. The van der Waals surface area contributed by atoms with E-state index in [2.05, 4.69) is 6.07 Å². The minimum atomic E-state index is -0.299. The van der Waals surface area contributed by atoms with Crippen LogP contribution in [-0.4, -0.2) is 13.1 Å². The molecule has 1 heterocycles. The lowest BCUT2D eigenvalue weighted by molar-refractivity contribution is 0.0602. The Kier molecular flexibility index (Phi) is 3.05. The number of rotatable bonds is 2. The van der Waals surface area contributed by atoms with E-state index in [1.54, 1.807) is 11.3 Å². The maximum atomic E-state index is 12.0. The Hall–Kier alpha value is -2.13. The predicted molar refractivity (Wildman–Crippen MR) is 78.6 cm³/mol. The van der Waals surface area contributed by atoms with Crippen molar-refractivity contribution in [3.63, 3.8) is 0 Å². The summed E-state index contributed by atoms with van der Waals surface area (Å²) in [5.41, 5.74) is 2.56. The summed E-state index contributed by atoms with van der Waals surface area (Å²) in [7, 11) is 1.41. The molecule has 94 valence electrons. The normalized spacial score (nSPS) is 10.6. The number of ether oxygens (including phenoxy) is 1. The van der Waals surface area contributed by atoms with Gasteiger partial charge in [-0.1, -0.05) is 30.3 Å². The maximum Gasteiger partial charge on any atom is 0.338 e. The Morgan fingerprint density at radius 1 is 1.11 bits per heavy atom. The lowest BCUT2D eigenvalue weighted by Crippen LogP contribution is -2.03. The predicted octanol–water partition coefficient (Wildman–Crippen LogP) is 4.35. The molecule has 1 aromatic heterocycles. The summed E-state index contributed by atoms with van der Waals surface area (Å²) in [6.45, 7) is 0. The van der Waals surface area contributed by atoms with Crippen molar-refractivity contribution in [1.82, 2.24) is 0 Å². The van der Waals surface area contributed by atoms with E-state index >= 15 is 0 Å². The van der Waals surface area contributed by atoms with Gasteiger partial charge in [0.05, 0.1) is 12.7 Å². The fourth-order valence-electron chi connectivity index (χ4n) is 2.14. The smallest absolute Gasteiger partial charge is 0.338 e. The second-order valence-electron chi connectivity index (χ2n) is 4.21. The van der Waals surface area contributed by atoms with Crippen molar-refractivity contribution < 1.29 is 9.53 Å². The molecule has 0 saturated heterocycles. The van der Waals surface area contributed by atoms with Gasteiger partial charge in [0.1, 0.15) is 0 Å². The van der Waals surface area contributed by atoms with Gasteiger partial charge in [0.2, 0.25) is 0 Å². The third-order valence-electron chi connectivity index (χ3n) is 3.08. The lowest BCUT2D eigenvalue weighted by Gasteiger charge is -2.08. The molecule has 0 spiro atoms. The van der Waals surface area contributed by atoms with E-state index in [1.807, 2.05) is 47.8 Å². The van der Waals surface area contributed by atoms with Crippen molar-refractivity contribution in [3.8, 4) is 11.1 Å². The molecule has 2 aromatic carbocycles. The summed E-state index contributed by atoms with van der Waals surface area (Å²) in [4.78, 5) is 12.0. The number of thiophene rings is 1. The van der Waals surface area contributed by atoms with Crippen molar-refractivity contribution >= 4 is 27.4 Å². The van der Waals surface area contributed by atoms with Gasteiger partial charge in [-0.15, -0.1) is 11.3 Å². The molecule has 0 N–H and O–H groups in total. The highest BCUT2D eigenvalue weighted by Crippen LogP contribution is 2.31. The first kappa shape index (κ1) is 11.9. The monoisotopic (exact) mass is 268 g/mol. The summed E-state index contributed by atoms with van der Waals surface area (Å²) < 4.78 is 6.06. The van der Waals surface area contributed by atoms with Gasteiger partial charge in [0.15, 0.2) is 0 Å². The zero-order valence-corrected chi connectivity index (χ0v) is 11.2. The summed E-state index contributed by atoms with van der Waals surface area (Å²) in [6.07, 6.45) is 0. The van der Waals surface area contributed by atoms with Gasteiger partial charge in [-0.3, -0.25) is 0 Å². The number of carbonyl (C=O) groups is 1. The molecule has 0 atom stereocenters. The van der Waals surface area contributed by atoms with E-state index in [-0.39, 0.29) is 5.97 Å². The second kappa shape index (κ2) is 4.86. The number of esters is 1. The molecule has 0 bridgehead atoms. The number of methoxy groups -OCH3 is 1. The molecule has 3 heteroatoms. The van der Waals surface area contributed by atoms with Crippen LogP contribution in [0.3, 0.4) is 0 Å².